The van der Waals surface area contributed by atoms with E-state index in [9.17, 15) is 32.6 Å². The number of aliphatic hydroxyl groups excluding tert-OH is 2. The highest BCUT2D eigenvalue weighted by molar-refractivity contribution is 5.95. The summed E-state index contributed by atoms with van der Waals surface area (Å²) in [6.45, 7) is 3.94. The van der Waals surface area contributed by atoms with Crippen LogP contribution in [0.15, 0.2) is 22.7 Å². The summed E-state index contributed by atoms with van der Waals surface area (Å²) in [5.41, 5.74) is -1.71. The molecule has 1 aliphatic rings. The number of rotatable bonds is 8. The van der Waals surface area contributed by atoms with Crippen LogP contribution >= 0.6 is 0 Å². The van der Waals surface area contributed by atoms with Crippen molar-refractivity contribution < 1.29 is 37.1 Å². The Bertz CT molecular complexity index is 1010. The molecule has 1 aromatic heterocycles. The molecule has 0 spiro atoms. The predicted molar refractivity (Wildman–Crippen MR) is 115 cm³/mol. The molecule has 4 N–H and O–H groups in total. The highest BCUT2D eigenvalue weighted by Crippen LogP contribution is 2.35. The highest BCUT2D eigenvalue weighted by atomic mass is 19.4. The first-order chi connectivity index (χ1) is 15.9. The number of aromatic nitrogens is 1. The summed E-state index contributed by atoms with van der Waals surface area (Å²) >= 11 is 0. The maximum atomic E-state index is 14.2. The largest absolute Gasteiger partial charge is 0.419 e. The molecule has 0 bridgehead atoms. The van der Waals surface area contributed by atoms with Crippen molar-refractivity contribution in [2.75, 3.05) is 13.2 Å². The lowest BCUT2D eigenvalue weighted by atomic mass is 9.93. The molecule has 2 unspecified atom stereocenters. The number of halogens is 4. The average molecular weight is 487 g/mol. The third-order valence-electron chi connectivity index (χ3n) is 5.86. The summed E-state index contributed by atoms with van der Waals surface area (Å²) in [7, 11) is 0. The van der Waals surface area contributed by atoms with E-state index >= 15 is 0 Å². The van der Waals surface area contributed by atoms with E-state index in [2.05, 4.69) is 15.8 Å². The van der Waals surface area contributed by atoms with Crippen LogP contribution in [0.5, 0.6) is 0 Å². The second-order valence-electron chi connectivity index (χ2n) is 9.45. The van der Waals surface area contributed by atoms with Gasteiger partial charge in [0.1, 0.15) is 5.82 Å². The summed E-state index contributed by atoms with van der Waals surface area (Å²) in [5.74, 6) is -2.06. The van der Waals surface area contributed by atoms with Crippen molar-refractivity contribution in [1.82, 2.24) is 15.8 Å². The molecule has 11 heteroatoms. The van der Waals surface area contributed by atoms with Crippen LogP contribution < -0.4 is 10.6 Å². The molecule has 34 heavy (non-hydrogen) atoms. The zero-order valence-corrected chi connectivity index (χ0v) is 19.0. The first-order valence-corrected chi connectivity index (χ1v) is 11.1. The van der Waals surface area contributed by atoms with Crippen LogP contribution in [0.2, 0.25) is 0 Å². The highest BCUT2D eigenvalue weighted by Gasteiger charge is 2.35. The van der Waals surface area contributed by atoms with Gasteiger partial charge in [-0.3, -0.25) is 4.79 Å². The van der Waals surface area contributed by atoms with Gasteiger partial charge in [-0.15, -0.1) is 0 Å². The van der Waals surface area contributed by atoms with Crippen molar-refractivity contribution >= 4 is 5.91 Å². The number of hydrogen-bond acceptors (Lipinski definition) is 6. The van der Waals surface area contributed by atoms with E-state index < -0.39 is 35.0 Å². The lowest BCUT2D eigenvalue weighted by Gasteiger charge is -2.26. The van der Waals surface area contributed by atoms with Crippen molar-refractivity contribution in [2.45, 2.75) is 64.4 Å². The molecule has 1 saturated carbocycles. The molecule has 188 valence electrons. The van der Waals surface area contributed by atoms with Gasteiger partial charge in [-0.05, 0) is 37.8 Å². The lowest BCUT2D eigenvalue weighted by Crippen LogP contribution is -2.40. The summed E-state index contributed by atoms with van der Waals surface area (Å²) < 4.78 is 58.4. The number of amides is 1. The van der Waals surface area contributed by atoms with Gasteiger partial charge in [0.25, 0.3) is 5.91 Å². The molecule has 0 saturated heterocycles. The second kappa shape index (κ2) is 10.4. The summed E-state index contributed by atoms with van der Waals surface area (Å²) in [5, 5.41) is 29.1. The Balaban J connectivity index is 1.90. The number of aliphatic hydroxyl groups is 2. The molecular weight excluding hydrogens is 458 g/mol. The van der Waals surface area contributed by atoms with Crippen molar-refractivity contribution in [2.24, 2.45) is 5.41 Å². The van der Waals surface area contributed by atoms with Crippen molar-refractivity contribution in [1.29, 1.82) is 0 Å². The van der Waals surface area contributed by atoms with Crippen molar-refractivity contribution in [3.8, 4) is 11.3 Å². The Morgan fingerprint density at radius 2 is 2.00 bits per heavy atom. The summed E-state index contributed by atoms with van der Waals surface area (Å²) in [6, 6.07) is 2.12. The molecule has 1 aromatic carbocycles. The maximum absolute atomic E-state index is 14.2. The number of nitrogens with one attached hydrogen (secondary N) is 2. The monoisotopic (exact) mass is 487 g/mol. The van der Waals surface area contributed by atoms with E-state index in [1.165, 1.54) is 0 Å². The topological polar surface area (TPSA) is 108 Å². The third kappa shape index (κ3) is 6.34. The van der Waals surface area contributed by atoms with E-state index in [-0.39, 0.29) is 41.8 Å². The van der Waals surface area contributed by atoms with E-state index in [0.717, 1.165) is 12.5 Å². The van der Waals surface area contributed by atoms with Crippen molar-refractivity contribution in [3.05, 3.63) is 40.8 Å². The first-order valence-electron chi connectivity index (χ1n) is 11.1. The zero-order chi connectivity index (χ0) is 25.1. The molecule has 2 atom stereocenters. The fourth-order valence-corrected chi connectivity index (χ4v) is 3.90. The molecule has 1 amide bonds. The third-order valence-corrected chi connectivity index (χ3v) is 5.86. The minimum absolute atomic E-state index is 0.00311. The quantitative estimate of drug-likeness (QED) is 0.424. The lowest BCUT2D eigenvalue weighted by molar-refractivity contribution is -0.139. The fourth-order valence-electron chi connectivity index (χ4n) is 3.90. The maximum Gasteiger partial charge on any atom is 0.419 e. The number of benzene rings is 1. The Hall–Kier alpha value is -2.50. The number of alkyl halides is 3. The van der Waals surface area contributed by atoms with Gasteiger partial charge in [0, 0.05) is 42.3 Å². The number of hydrogen-bond donors (Lipinski definition) is 4. The normalized spacial score (nSPS) is 19.3. The molecular formula is C23H29F4N3O4. The van der Waals surface area contributed by atoms with Gasteiger partial charge in [-0.1, -0.05) is 25.1 Å². The second-order valence-corrected chi connectivity index (χ2v) is 9.45. The van der Waals surface area contributed by atoms with Crippen molar-refractivity contribution in [3.63, 3.8) is 0 Å². The molecule has 1 aliphatic carbocycles. The van der Waals surface area contributed by atoms with Gasteiger partial charge < -0.3 is 25.4 Å². The van der Waals surface area contributed by atoms with Gasteiger partial charge in [-0.2, -0.15) is 13.2 Å². The molecule has 7 nitrogen and oxygen atoms in total. The van der Waals surface area contributed by atoms with Crippen LogP contribution in [0, 0.1) is 11.2 Å². The van der Waals surface area contributed by atoms with Gasteiger partial charge in [0.15, 0.2) is 11.5 Å². The first kappa shape index (κ1) is 26.1. The Labute approximate surface area is 194 Å². The molecule has 1 fully saturated rings. The Morgan fingerprint density at radius 1 is 1.26 bits per heavy atom. The minimum Gasteiger partial charge on any atom is -0.396 e. The Kier molecular flexibility index (Phi) is 7.99. The van der Waals surface area contributed by atoms with Gasteiger partial charge in [0.05, 0.1) is 11.7 Å². The van der Waals surface area contributed by atoms with Gasteiger partial charge in [0.2, 0.25) is 0 Å². The van der Waals surface area contributed by atoms with Crippen LogP contribution in [-0.4, -0.2) is 46.6 Å². The van der Waals surface area contributed by atoms with Crippen LogP contribution in [0.1, 0.15) is 61.1 Å². The summed E-state index contributed by atoms with van der Waals surface area (Å²) in [6.07, 6.45) is -2.85. The van der Waals surface area contributed by atoms with Crippen LogP contribution in [-0.2, 0) is 12.7 Å². The number of nitrogens with zero attached hydrogens (tertiary/aromatic N) is 1. The molecule has 1 heterocycles. The smallest absolute Gasteiger partial charge is 0.396 e. The summed E-state index contributed by atoms with van der Waals surface area (Å²) in [4.78, 5) is 12.9. The molecule has 2 aromatic rings. The molecule has 0 aliphatic heterocycles. The Morgan fingerprint density at radius 3 is 2.62 bits per heavy atom. The SMILES string of the molecule is CC(C)(CO)CNCc1c(C(=O)NC2CCCC(O)C2)noc1-c1ccc(C(F)(F)F)c(F)c1. The van der Waals surface area contributed by atoms with E-state index in [4.69, 9.17) is 4.52 Å². The van der Waals surface area contributed by atoms with E-state index in [1.54, 1.807) is 0 Å². The standard InChI is InChI=1S/C23H29F4N3O4/c1-22(2,12-31)11-28-10-16-19(21(33)29-14-4-3-5-15(32)9-14)30-34-20(16)13-6-7-17(18(24)8-13)23(25,26)27/h6-8,14-15,28,31-32H,3-5,9-12H2,1-2H3,(H,29,33). The van der Waals surface area contributed by atoms with Crippen LogP contribution in [0.25, 0.3) is 11.3 Å². The van der Waals surface area contributed by atoms with Gasteiger partial charge in [-0.25, -0.2) is 4.39 Å². The number of carbonyl (C=O) groups is 1. The predicted octanol–water partition coefficient (Wildman–Crippen LogP) is 3.64. The number of carbonyl (C=O) groups excluding carboxylic acids is 1. The molecule has 3 rings (SSSR count). The minimum atomic E-state index is -4.85. The van der Waals surface area contributed by atoms with Gasteiger partial charge >= 0.3 is 6.18 Å². The fraction of sp³-hybridized carbons (Fsp3) is 0.565. The average Bonchev–Trinajstić information content (AvgIpc) is 3.16. The van der Waals surface area contributed by atoms with Crippen LogP contribution in [0.4, 0.5) is 17.6 Å². The molecule has 0 radical (unpaired) electrons. The zero-order valence-electron chi connectivity index (χ0n) is 19.0. The van der Waals surface area contributed by atoms with Crippen LogP contribution in [0.3, 0.4) is 0 Å². The van der Waals surface area contributed by atoms with E-state index in [1.807, 2.05) is 13.8 Å². The van der Waals surface area contributed by atoms with E-state index in [0.29, 0.717) is 37.9 Å².